The molecule has 0 radical (unpaired) electrons. The van der Waals surface area contributed by atoms with Gasteiger partial charge in [0.15, 0.2) is 11.5 Å². The summed E-state index contributed by atoms with van der Waals surface area (Å²) in [4.78, 5) is 12.4. The van der Waals surface area contributed by atoms with Crippen LogP contribution in [0.2, 0.25) is 0 Å². The molecule has 0 fully saturated rings. The van der Waals surface area contributed by atoms with Crippen LogP contribution in [0.15, 0.2) is 36.4 Å². The molecule has 5 nitrogen and oxygen atoms in total. The van der Waals surface area contributed by atoms with Gasteiger partial charge in [0.1, 0.15) is 5.75 Å². The second-order valence-electron chi connectivity index (χ2n) is 4.71. The number of hydrogen-bond donors (Lipinski definition) is 1. The highest BCUT2D eigenvalue weighted by atomic mass is 127. The number of amides is 1. The maximum atomic E-state index is 12.4. The number of benzene rings is 2. The number of nitrogens with one attached hydrogen (secondary N) is 1. The van der Waals surface area contributed by atoms with Gasteiger partial charge in [-0.3, -0.25) is 4.79 Å². The molecule has 0 aliphatic carbocycles. The van der Waals surface area contributed by atoms with Crippen molar-refractivity contribution in [3.8, 4) is 17.2 Å². The Balaban J connectivity index is 2.17. The summed E-state index contributed by atoms with van der Waals surface area (Å²) >= 11 is 1.98. The normalized spacial score (nSPS) is 11.0. The number of hydrogen-bond acceptors (Lipinski definition) is 4. The first-order chi connectivity index (χ1) is 11.7. The topological polar surface area (TPSA) is 56.8 Å². The Morgan fingerprint density at radius 2 is 1.60 bits per heavy atom. The zero-order valence-corrected chi connectivity index (χ0v) is 15.3. The van der Waals surface area contributed by atoms with Gasteiger partial charge in [-0.05, 0) is 59.0 Å². The second kappa shape index (κ2) is 7.81. The fourth-order valence-electron chi connectivity index (χ4n) is 1.97. The summed E-state index contributed by atoms with van der Waals surface area (Å²) in [7, 11) is 2.93. The number of rotatable bonds is 5. The Bertz CT molecular complexity index is 763. The molecule has 0 bridgehead atoms. The summed E-state index contributed by atoms with van der Waals surface area (Å²) in [6.07, 6.45) is -4.76. The third kappa shape index (κ3) is 5.15. The highest BCUT2D eigenvalue weighted by Crippen LogP contribution is 2.32. The molecular weight excluding hydrogens is 454 g/mol. The Labute approximate surface area is 155 Å². The zero-order valence-electron chi connectivity index (χ0n) is 13.1. The predicted octanol–water partition coefficient (Wildman–Crippen LogP) is 4.46. The number of alkyl halides is 3. The summed E-state index contributed by atoms with van der Waals surface area (Å²) in [5.74, 6) is 0.0696. The molecule has 1 amide bonds. The third-order valence-electron chi connectivity index (χ3n) is 3.06. The summed E-state index contributed by atoms with van der Waals surface area (Å²) < 4.78 is 51.1. The molecule has 0 aromatic heterocycles. The van der Waals surface area contributed by atoms with Gasteiger partial charge in [0, 0.05) is 9.26 Å². The van der Waals surface area contributed by atoms with Gasteiger partial charge in [-0.1, -0.05) is 0 Å². The molecule has 0 saturated carbocycles. The van der Waals surface area contributed by atoms with Crippen molar-refractivity contribution < 1.29 is 32.2 Å². The van der Waals surface area contributed by atoms with E-state index in [1.807, 2.05) is 22.6 Å². The van der Waals surface area contributed by atoms with Crippen LogP contribution >= 0.6 is 22.6 Å². The highest BCUT2D eigenvalue weighted by molar-refractivity contribution is 14.1. The van der Waals surface area contributed by atoms with Crippen LogP contribution in [0.3, 0.4) is 0 Å². The molecule has 0 atom stereocenters. The van der Waals surface area contributed by atoms with Crippen molar-refractivity contribution in [2.24, 2.45) is 0 Å². The van der Waals surface area contributed by atoms with Crippen molar-refractivity contribution >= 4 is 34.2 Å². The molecule has 1 N–H and O–H groups in total. The molecule has 0 aliphatic heterocycles. The summed E-state index contributed by atoms with van der Waals surface area (Å²) in [6, 6.07) is 8.02. The molecular formula is C16H13F3INO4. The van der Waals surface area contributed by atoms with Crippen molar-refractivity contribution in [1.82, 2.24) is 0 Å². The van der Waals surface area contributed by atoms with Gasteiger partial charge >= 0.3 is 6.36 Å². The smallest absolute Gasteiger partial charge is 0.493 e. The van der Waals surface area contributed by atoms with Crippen molar-refractivity contribution in [1.29, 1.82) is 0 Å². The van der Waals surface area contributed by atoms with Crippen molar-refractivity contribution in [3.63, 3.8) is 0 Å². The molecule has 0 heterocycles. The molecule has 0 aliphatic rings. The summed E-state index contributed by atoms with van der Waals surface area (Å²) in [6.45, 7) is 0. The van der Waals surface area contributed by atoms with E-state index in [4.69, 9.17) is 9.47 Å². The number of ether oxygens (including phenoxy) is 3. The van der Waals surface area contributed by atoms with Gasteiger partial charge in [0.05, 0.1) is 19.8 Å². The number of carbonyl (C=O) groups excluding carboxylic acids is 1. The van der Waals surface area contributed by atoms with E-state index in [2.05, 4.69) is 10.1 Å². The van der Waals surface area contributed by atoms with E-state index in [9.17, 15) is 18.0 Å². The van der Waals surface area contributed by atoms with E-state index in [1.54, 1.807) is 6.07 Å². The number of carbonyl (C=O) groups is 1. The maximum Gasteiger partial charge on any atom is 0.573 e. The highest BCUT2D eigenvalue weighted by Gasteiger charge is 2.31. The number of halogens is 4. The quantitative estimate of drug-likeness (QED) is 0.661. The molecule has 2 rings (SSSR count). The zero-order chi connectivity index (χ0) is 18.6. The lowest BCUT2D eigenvalue weighted by atomic mass is 10.2. The largest absolute Gasteiger partial charge is 0.573 e. The lowest BCUT2D eigenvalue weighted by Gasteiger charge is -2.13. The SMILES string of the molecule is COc1cc(I)c(C(=O)Nc2ccc(OC(F)(F)F)cc2)cc1OC. The van der Waals surface area contributed by atoms with E-state index in [-0.39, 0.29) is 5.75 Å². The maximum absolute atomic E-state index is 12.4. The van der Waals surface area contributed by atoms with Crippen LogP contribution in [-0.2, 0) is 0 Å². The third-order valence-corrected chi connectivity index (χ3v) is 3.96. The van der Waals surface area contributed by atoms with E-state index in [1.165, 1.54) is 32.4 Å². The lowest BCUT2D eigenvalue weighted by Crippen LogP contribution is -2.17. The van der Waals surface area contributed by atoms with Crippen LogP contribution < -0.4 is 19.5 Å². The second-order valence-corrected chi connectivity index (χ2v) is 5.88. The van der Waals surface area contributed by atoms with Crippen molar-refractivity contribution in [2.45, 2.75) is 6.36 Å². The predicted molar refractivity (Wildman–Crippen MR) is 93.3 cm³/mol. The average molecular weight is 467 g/mol. The van der Waals surface area contributed by atoms with Crippen molar-refractivity contribution in [3.05, 3.63) is 45.5 Å². The van der Waals surface area contributed by atoms with Crippen LogP contribution in [0, 0.1) is 3.57 Å². The molecule has 0 saturated heterocycles. The van der Waals surface area contributed by atoms with E-state index in [0.29, 0.717) is 26.3 Å². The first-order valence-corrected chi connectivity index (χ1v) is 7.90. The molecule has 9 heteroatoms. The Hall–Kier alpha value is -2.17. The molecule has 134 valence electrons. The van der Waals surface area contributed by atoms with Crippen LogP contribution in [0.25, 0.3) is 0 Å². The van der Waals surface area contributed by atoms with E-state index >= 15 is 0 Å². The lowest BCUT2D eigenvalue weighted by molar-refractivity contribution is -0.274. The minimum Gasteiger partial charge on any atom is -0.493 e. The van der Waals surface area contributed by atoms with Gasteiger partial charge in [-0.2, -0.15) is 0 Å². The average Bonchev–Trinajstić information content (AvgIpc) is 2.54. The van der Waals surface area contributed by atoms with Gasteiger partial charge < -0.3 is 19.5 Å². The van der Waals surface area contributed by atoms with Crippen LogP contribution in [0.4, 0.5) is 18.9 Å². The first-order valence-electron chi connectivity index (χ1n) is 6.82. The van der Waals surface area contributed by atoms with Gasteiger partial charge in [0.25, 0.3) is 5.91 Å². The molecule has 2 aromatic carbocycles. The fraction of sp³-hybridized carbons (Fsp3) is 0.188. The Morgan fingerprint density at radius 3 is 2.12 bits per heavy atom. The minimum atomic E-state index is -4.76. The summed E-state index contributed by atoms with van der Waals surface area (Å²) in [5, 5.41) is 2.60. The Kier molecular flexibility index (Phi) is 5.98. The molecule has 0 unspecified atom stereocenters. The number of anilines is 1. The van der Waals surface area contributed by atoms with Crippen LogP contribution in [0.1, 0.15) is 10.4 Å². The monoisotopic (exact) mass is 467 g/mol. The van der Waals surface area contributed by atoms with Crippen LogP contribution in [-0.4, -0.2) is 26.5 Å². The standard InChI is InChI=1S/C16H13F3INO4/c1-23-13-7-11(12(20)8-14(13)24-2)15(22)21-9-3-5-10(6-4-9)25-16(17,18)19/h3-8H,1-2H3,(H,21,22). The first kappa shape index (κ1) is 19.2. The summed E-state index contributed by atoms with van der Waals surface area (Å²) in [5.41, 5.74) is 0.666. The van der Waals surface area contributed by atoms with Gasteiger partial charge in [-0.25, -0.2) is 0 Å². The molecule has 2 aromatic rings. The molecule has 0 spiro atoms. The van der Waals surface area contributed by atoms with E-state index in [0.717, 1.165) is 12.1 Å². The van der Waals surface area contributed by atoms with E-state index < -0.39 is 12.3 Å². The Morgan fingerprint density at radius 1 is 1.04 bits per heavy atom. The van der Waals surface area contributed by atoms with Crippen molar-refractivity contribution in [2.75, 3.05) is 19.5 Å². The number of methoxy groups -OCH3 is 2. The fourth-order valence-corrected chi connectivity index (χ4v) is 2.65. The van der Waals surface area contributed by atoms with Gasteiger partial charge in [-0.15, -0.1) is 13.2 Å². The van der Waals surface area contributed by atoms with Gasteiger partial charge in [0.2, 0.25) is 0 Å². The minimum absolute atomic E-state index is 0.324. The van der Waals surface area contributed by atoms with Crippen LogP contribution in [0.5, 0.6) is 17.2 Å². The molecule has 25 heavy (non-hydrogen) atoms.